The number of rotatable bonds is 4. The molecule has 6 nitrogen and oxygen atoms in total. The van der Waals surface area contributed by atoms with Crippen molar-refractivity contribution in [1.82, 2.24) is 20.0 Å². The molecule has 1 atom stereocenters. The Labute approximate surface area is 134 Å². The molecule has 128 valence electrons. The summed E-state index contributed by atoms with van der Waals surface area (Å²) in [4.78, 5) is 29.7. The van der Waals surface area contributed by atoms with Crippen LogP contribution in [0.25, 0.3) is 0 Å². The molecule has 6 heteroatoms. The van der Waals surface area contributed by atoms with Gasteiger partial charge >= 0.3 is 6.03 Å². The van der Waals surface area contributed by atoms with Crippen molar-refractivity contribution in [2.24, 2.45) is 5.41 Å². The number of amides is 3. The third-order valence-corrected chi connectivity index (χ3v) is 4.46. The summed E-state index contributed by atoms with van der Waals surface area (Å²) in [5.74, 6) is 0.0859. The normalized spacial score (nSPS) is 18.1. The zero-order chi connectivity index (χ0) is 16.9. The van der Waals surface area contributed by atoms with Crippen LogP contribution >= 0.6 is 0 Å². The van der Waals surface area contributed by atoms with Gasteiger partial charge in [-0.2, -0.15) is 0 Å². The Hall–Kier alpha value is -1.30. The topological polar surface area (TPSA) is 55.9 Å². The van der Waals surface area contributed by atoms with Gasteiger partial charge in [0.1, 0.15) is 0 Å². The van der Waals surface area contributed by atoms with E-state index in [0.717, 1.165) is 19.5 Å². The number of nitrogens with one attached hydrogen (secondary N) is 1. The van der Waals surface area contributed by atoms with Gasteiger partial charge in [-0.3, -0.25) is 4.79 Å². The molecule has 0 aromatic carbocycles. The molecular formula is C16H32N4O2. The fraction of sp³-hybridized carbons (Fsp3) is 0.875. The van der Waals surface area contributed by atoms with Gasteiger partial charge in [0.25, 0.3) is 0 Å². The Morgan fingerprint density at radius 3 is 2.23 bits per heavy atom. The first kappa shape index (κ1) is 18.7. The maximum absolute atomic E-state index is 12.5. The number of carbonyl (C=O) groups excluding carboxylic acids is 2. The molecule has 0 aliphatic carbocycles. The summed E-state index contributed by atoms with van der Waals surface area (Å²) < 4.78 is 0. The van der Waals surface area contributed by atoms with Gasteiger partial charge in [-0.15, -0.1) is 0 Å². The maximum Gasteiger partial charge on any atom is 0.317 e. The molecular weight excluding hydrogens is 280 g/mol. The number of nitrogens with zero attached hydrogens (tertiary/aromatic N) is 3. The van der Waals surface area contributed by atoms with E-state index in [4.69, 9.17) is 0 Å². The molecule has 1 saturated heterocycles. The van der Waals surface area contributed by atoms with E-state index in [1.54, 1.807) is 6.92 Å². The van der Waals surface area contributed by atoms with Crippen molar-refractivity contribution >= 4 is 11.9 Å². The van der Waals surface area contributed by atoms with Crippen molar-refractivity contribution in [2.75, 3.05) is 46.8 Å². The smallest absolute Gasteiger partial charge is 0.317 e. The molecule has 1 aliphatic rings. The third-order valence-electron chi connectivity index (χ3n) is 4.46. The fourth-order valence-electron chi connectivity index (χ4n) is 2.86. The van der Waals surface area contributed by atoms with E-state index >= 15 is 0 Å². The molecule has 0 spiro atoms. The minimum atomic E-state index is -0.0234. The second kappa shape index (κ2) is 7.81. The van der Waals surface area contributed by atoms with E-state index in [-0.39, 0.29) is 23.4 Å². The van der Waals surface area contributed by atoms with Crippen LogP contribution in [0.5, 0.6) is 0 Å². The summed E-state index contributed by atoms with van der Waals surface area (Å²) in [6, 6.07) is 0.0549. The van der Waals surface area contributed by atoms with E-state index in [9.17, 15) is 9.59 Å². The van der Waals surface area contributed by atoms with Gasteiger partial charge in [0.05, 0.1) is 0 Å². The first-order valence-corrected chi connectivity index (χ1v) is 8.09. The largest absolute Gasteiger partial charge is 0.341 e. The highest BCUT2D eigenvalue weighted by atomic mass is 16.2. The van der Waals surface area contributed by atoms with Crippen molar-refractivity contribution in [2.45, 2.75) is 40.2 Å². The highest BCUT2D eigenvalue weighted by Crippen LogP contribution is 2.21. The van der Waals surface area contributed by atoms with Crippen LogP contribution in [0.3, 0.4) is 0 Å². The van der Waals surface area contributed by atoms with Gasteiger partial charge in [-0.05, 0) is 32.9 Å². The van der Waals surface area contributed by atoms with Crippen molar-refractivity contribution < 1.29 is 9.59 Å². The fourth-order valence-corrected chi connectivity index (χ4v) is 2.86. The summed E-state index contributed by atoms with van der Waals surface area (Å²) >= 11 is 0. The molecule has 0 radical (unpaired) electrons. The Morgan fingerprint density at radius 1 is 1.14 bits per heavy atom. The van der Waals surface area contributed by atoms with E-state index < -0.39 is 0 Å². The molecule has 1 rings (SSSR count). The second-order valence-electron chi connectivity index (χ2n) is 7.24. The molecule has 1 aliphatic heterocycles. The third kappa shape index (κ3) is 5.48. The predicted octanol–water partition coefficient (Wildman–Crippen LogP) is 1.23. The lowest BCUT2D eigenvalue weighted by Crippen LogP contribution is -2.52. The lowest BCUT2D eigenvalue weighted by molar-refractivity contribution is -0.128. The van der Waals surface area contributed by atoms with Crippen LogP contribution in [0.15, 0.2) is 0 Å². The highest BCUT2D eigenvalue weighted by Gasteiger charge is 2.29. The molecule has 1 fully saturated rings. The average molecular weight is 312 g/mol. The Morgan fingerprint density at radius 2 is 1.68 bits per heavy atom. The monoisotopic (exact) mass is 312 g/mol. The average Bonchev–Trinajstić information content (AvgIpc) is 2.62. The minimum Gasteiger partial charge on any atom is -0.341 e. The second-order valence-corrected chi connectivity index (χ2v) is 7.24. The van der Waals surface area contributed by atoms with Crippen LogP contribution in [-0.2, 0) is 4.79 Å². The van der Waals surface area contributed by atoms with E-state index in [2.05, 4.69) is 31.0 Å². The van der Waals surface area contributed by atoms with Crippen LogP contribution in [0.4, 0.5) is 4.79 Å². The van der Waals surface area contributed by atoms with Crippen molar-refractivity contribution in [3.8, 4) is 0 Å². The Bertz CT molecular complexity index is 396. The molecule has 3 amide bonds. The van der Waals surface area contributed by atoms with Gasteiger partial charge < -0.3 is 20.0 Å². The minimum absolute atomic E-state index is 0.00354. The van der Waals surface area contributed by atoms with Gasteiger partial charge in [-0.25, -0.2) is 4.79 Å². The van der Waals surface area contributed by atoms with Crippen molar-refractivity contribution in [3.05, 3.63) is 0 Å². The standard InChI is InChI=1S/C16H32N4O2/c1-13(16(3,4)12-18(5)6)17-15(22)20-9-7-8-19(10-11-20)14(2)21/h13H,7-12H2,1-6H3,(H,17,22). The van der Waals surface area contributed by atoms with Gasteiger partial charge in [-0.1, -0.05) is 13.8 Å². The molecule has 0 bridgehead atoms. The zero-order valence-electron chi connectivity index (χ0n) is 15.0. The van der Waals surface area contributed by atoms with Crippen LogP contribution in [0.2, 0.25) is 0 Å². The first-order chi connectivity index (χ1) is 10.1. The van der Waals surface area contributed by atoms with E-state index in [1.807, 2.05) is 23.9 Å². The summed E-state index contributed by atoms with van der Waals surface area (Å²) in [6.45, 7) is 11.5. The number of carbonyl (C=O) groups is 2. The first-order valence-electron chi connectivity index (χ1n) is 8.09. The molecule has 1 heterocycles. The van der Waals surface area contributed by atoms with Crippen LogP contribution in [-0.4, -0.2) is 79.5 Å². The summed E-state index contributed by atoms with van der Waals surface area (Å²) in [7, 11) is 4.09. The molecule has 0 aromatic rings. The van der Waals surface area contributed by atoms with Crippen LogP contribution < -0.4 is 5.32 Å². The SMILES string of the molecule is CC(=O)N1CCCN(C(=O)NC(C)C(C)(C)CN(C)C)CC1. The maximum atomic E-state index is 12.5. The Balaban J connectivity index is 2.56. The number of hydrogen-bond acceptors (Lipinski definition) is 3. The van der Waals surface area contributed by atoms with Gasteiger partial charge in [0.2, 0.25) is 5.91 Å². The summed E-state index contributed by atoms with van der Waals surface area (Å²) in [5, 5.41) is 3.12. The lowest BCUT2D eigenvalue weighted by atomic mass is 9.85. The lowest BCUT2D eigenvalue weighted by Gasteiger charge is -2.36. The van der Waals surface area contributed by atoms with Gasteiger partial charge in [0.15, 0.2) is 0 Å². The van der Waals surface area contributed by atoms with E-state index in [0.29, 0.717) is 19.6 Å². The molecule has 0 saturated carbocycles. The summed E-state index contributed by atoms with van der Waals surface area (Å²) in [6.07, 6.45) is 0.836. The number of hydrogen-bond donors (Lipinski definition) is 1. The van der Waals surface area contributed by atoms with Crippen molar-refractivity contribution in [1.29, 1.82) is 0 Å². The van der Waals surface area contributed by atoms with Gasteiger partial charge in [0, 0.05) is 45.7 Å². The number of urea groups is 1. The summed E-state index contributed by atoms with van der Waals surface area (Å²) in [5.41, 5.74) is -0.00354. The Kier molecular flexibility index (Phi) is 6.66. The quantitative estimate of drug-likeness (QED) is 0.849. The molecule has 1 unspecified atom stereocenters. The molecule has 0 aromatic heterocycles. The highest BCUT2D eigenvalue weighted by molar-refractivity contribution is 5.75. The zero-order valence-corrected chi connectivity index (χ0v) is 15.0. The van der Waals surface area contributed by atoms with Crippen LogP contribution in [0.1, 0.15) is 34.1 Å². The predicted molar refractivity (Wildman–Crippen MR) is 88.8 cm³/mol. The molecule has 22 heavy (non-hydrogen) atoms. The van der Waals surface area contributed by atoms with Crippen molar-refractivity contribution in [3.63, 3.8) is 0 Å². The van der Waals surface area contributed by atoms with Crippen LogP contribution in [0, 0.1) is 5.41 Å². The van der Waals surface area contributed by atoms with E-state index in [1.165, 1.54) is 0 Å². The molecule has 1 N–H and O–H groups in total.